The summed E-state index contributed by atoms with van der Waals surface area (Å²) < 4.78 is 16.9. The third-order valence-electron chi connectivity index (χ3n) is 6.57. The molecule has 0 fully saturated rings. The molecule has 0 spiro atoms. The molecule has 2 atom stereocenters. The molecule has 5 rings (SSSR count). The highest BCUT2D eigenvalue weighted by Gasteiger charge is 2.43. The van der Waals surface area contributed by atoms with E-state index in [0.717, 1.165) is 22.8 Å². The van der Waals surface area contributed by atoms with Crippen LogP contribution in [0.15, 0.2) is 80.9 Å². The maximum Gasteiger partial charge on any atom is 0.337 e. The third-order valence-corrected chi connectivity index (χ3v) is 7.60. The predicted molar refractivity (Wildman–Crippen MR) is 133 cm³/mol. The van der Waals surface area contributed by atoms with Crippen molar-refractivity contribution < 1.29 is 23.5 Å². The van der Waals surface area contributed by atoms with Gasteiger partial charge in [-0.25, -0.2) is 4.79 Å². The SMILES string of the molecule is COc1ccc(COC(=O)C2=C(C)NC3=C(C(=O)C[C@H](c4cccs4)C3)[C@H]2c2ccc(C)o2)cc1. The molecule has 0 saturated carbocycles. The van der Waals surface area contributed by atoms with E-state index >= 15 is 0 Å². The van der Waals surface area contributed by atoms with E-state index in [4.69, 9.17) is 13.9 Å². The number of carbonyl (C=O) groups is 2. The lowest BCUT2D eigenvalue weighted by atomic mass is 9.74. The van der Waals surface area contributed by atoms with Crippen molar-refractivity contribution in [3.8, 4) is 5.75 Å². The summed E-state index contributed by atoms with van der Waals surface area (Å²) in [5.41, 5.74) is 3.41. The lowest BCUT2D eigenvalue weighted by molar-refractivity contribution is -0.140. The Morgan fingerprint density at radius 2 is 1.91 bits per heavy atom. The number of allylic oxidation sites excluding steroid dienone is 3. The Kier molecular flexibility index (Phi) is 6.34. The summed E-state index contributed by atoms with van der Waals surface area (Å²) in [7, 11) is 1.61. The second-order valence-corrected chi connectivity index (χ2v) is 9.88. The summed E-state index contributed by atoms with van der Waals surface area (Å²) in [5.74, 6) is 1.14. The first-order chi connectivity index (χ1) is 16.9. The zero-order chi connectivity index (χ0) is 24.5. The van der Waals surface area contributed by atoms with E-state index in [9.17, 15) is 9.59 Å². The van der Waals surface area contributed by atoms with Gasteiger partial charge in [-0.15, -0.1) is 11.3 Å². The Hall–Kier alpha value is -3.58. The fraction of sp³-hybridized carbons (Fsp3) is 0.286. The van der Waals surface area contributed by atoms with Crippen molar-refractivity contribution >= 4 is 23.1 Å². The Labute approximate surface area is 208 Å². The molecule has 3 heterocycles. The van der Waals surface area contributed by atoms with Crippen LogP contribution in [0.25, 0.3) is 0 Å². The lowest BCUT2D eigenvalue weighted by Crippen LogP contribution is -2.35. The fourth-order valence-electron chi connectivity index (χ4n) is 4.88. The summed E-state index contributed by atoms with van der Waals surface area (Å²) in [6, 6.07) is 15.2. The van der Waals surface area contributed by atoms with Crippen molar-refractivity contribution in [3.05, 3.63) is 98.4 Å². The monoisotopic (exact) mass is 489 g/mol. The van der Waals surface area contributed by atoms with Gasteiger partial charge < -0.3 is 19.2 Å². The molecule has 3 aromatic rings. The molecule has 2 aromatic heterocycles. The molecule has 1 N–H and O–H groups in total. The highest BCUT2D eigenvalue weighted by molar-refractivity contribution is 7.10. The van der Waals surface area contributed by atoms with Gasteiger partial charge in [-0.2, -0.15) is 0 Å². The van der Waals surface area contributed by atoms with Gasteiger partial charge >= 0.3 is 5.97 Å². The van der Waals surface area contributed by atoms with E-state index in [1.165, 1.54) is 4.88 Å². The Morgan fingerprint density at radius 3 is 2.57 bits per heavy atom. The van der Waals surface area contributed by atoms with Gasteiger partial charge in [0.25, 0.3) is 0 Å². The molecule has 0 bridgehead atoms. The van der Waals surface area contributed by atoms with E-state index in [0.29, 0.717) is 35.4 Å². The maximum atomic E-state index is 13.5. The quantitative estimate of drug-likeness (QED) is 0.444. The lowest BCUT2D eigenvalue weighted by Gasteiger charge is -2.35. The van der Waals surface area contributed by atoms with E-state index in [1.54, 1.807) is 18.4 Å². The number of rotatable bonds is 6. The van der Waals surface area contributed by atoms with E-state index in [2.05, 4.69) is 11.4 Å². The summed E-state index contributed by atoms with van der Waals surface area (Å²) in [4.78, 5) is 28.1. The van der Waals surface area contributed by atoms with E-state index in [-0.39, 0.29) is 18.3 Å². The van der Waals surface area contributed by atoms with Gasteiger partial charge in [0, 0.05) is 34.2 Å². The van der Waals surface area contributed by atoms with Crippen LogP contribution in [0.1, 0.15) is 53.6 Å². The molecular weight excluding hydrogens is 462 g/mol. The number of dihydropyridines is 1. The van der Waals surface area contributed by atoms with Gasteiger partial charge in [-0.05, 0) is 61.5 Å². The van der Waals surface area contributed by atoms with Gasteiger partial charge in [-0.3, -0.25) is 4.79 Å². The molecule has 180 valence electrons. The van der Waals surface area contributed by atoms with Gasteiger partial charge in [0.15, 0.2) is 5.78 Å². The minimum atomic E-state index is -0.597. The van der Waals surface area contributed by atoms with Crippen molar-refractivity contribution in [2.45, 2.75) is 45.1 Å². The second kappa shape index (κ2) is 9.58. The molecule has 0 amide bonds. The first kappa shape index (κ1) is 23.2. The number of esters is 1. The van der Waals surface area contributed by atoms with Crippen molar-refractivity contribution in [3.63, 3.8) is 0 Å². The standard InChI is InChI=1S/C28H27NO5S/c1-16-6-11-23(34-16)27-25(28(31)33-15-18-7-9-20(32-3)10-8-18)17(2)29-21-13-19(14-22(30)26(21)27)24-5-4-12-35-24/h4-12,19,27,29H,13-15H2,1-3H3/t19-,27+/m1/s1. The number of benzene rings is 1. The van der Waals surface area contributed by atoms with Gasteiger partial charge in [0.2, 0.25) is 0 Å². The number of aryl methyl sites for hydroxylation is 1. The Morgan fingerprint density at radius 1 is 1.11 bits per heavy atom. The number of thiophene rings is 1. The van der Waals surface area contributed by atoms with Crippen LogP contribution in [-0.2, 0) is 20.9 Å². The first-order valence-corrected chi connectivity index (χ1v) is 12.5. The number of ether oxygens (including phenoxy) is 2. The minimum absolute atomic E-state index is 0.0316. The number of Topliss-reactive ketones (excluding diaryl/α,β-unsaturated/α-hetero) is 1. The number of hydrogen-bond acceptors (Lipinski definition) is 7. The molecule has 6 nitrogen and oxygen atoms in total. The zero-order valence-electron chi connectivity index (χ0n) is 19.9. The summed E-state index contributed by atoms with van der Waals surface area (Å²) >= 11 is 1.67. The van der Waals surface area contributed by atoms with Crippen LogP contribution in [0, 0.1) is 6.92 Å². The molecule has 1 aromatic carbocycles. The Balaban J connectivity index is 1.46. The third kappa shape index (κ3) is 4.56. The largest absolute Gasteiger partial charge is 0.497 e. The topological polar surface area (TPSA) is 77.8 Å². The first-order valence-electron chi connectivity index (χ1n) is 11.6. The zero-order valence-corrected chi connectivity index (χ0v) is 20.7. The molecule has 0 radical (unpaired) electrons. The van der Waals surface area contributed by atoms with Crippen LogP contribution >= 0.6 is 11.3 Å². The van der Waals surface area contributed by atoms with Gasteiger partial charge in [0.05, 0.1) is 18.6 Å². The maximum absolute atomic E-state index is 13.5. The van der Waals surface area contributed by atoms with Crippen molar-refractivity contribution in [2.75, 3.05) is 7.11 Å². The normalized spacial score (nSPS) is 19.9. The summed E-state index contributed by atoms with van der Waals surface area (Å²) in [6.07, 6.45) is 1.12. The number of carbonyl (C=O) groups excluding carboxylic acids is 2. The fourth-order valence-corrected chi connectivity index (χ4v) is 5.71. The van der Waals surface area contributed by atoms with Crippen molar-refractivity contribution in [2.24, 2.45) is 0 Å². The highest BCUT2D eigenvalue weighted by Crippen LogP contribution is 2.46. The van der Waals surface area contributed by atoms with Gasteiger partial charge in [0.1, 0.15) is 23.9 Å². The number of hydrogen-bond donors (Lipinski definition) is 1. The molecule has 35 heavy (non-hydrogen) atoms. The summed E-state index contributed by atoms with van der Waals surface area (Å²) in [6.45, 7) is 3.83. The van der Waals surface area contributed by atoms with Crippen LogP contribution < -0.4 is 10.1 Å². The molecule has 7 heteroatoms. The van der Waals surface area contributed by atoms with E-state index in [1.807, 2.05) is 61.7 Å². The smallest absolute Gasteiger partial charge is 0.337 e. The molecule has 1 aliphatic carbocycles. The van der Waals surface area contributed by atoms with Crippen LogP contribution in [-0.4, -0.2) is 18.9 Å². The second-order valence-electron chi connectivity index (χ2n) is 8.91. The van der Waals surface area contributed by atoms with Crippen molar-refractivity contribution in [1.29, 1.82) is 0 Å². The number of furan rings is 1. The van der Waals surface area contributed by atoms with Crippen LogP contribution in [0.2, 0.25) is 0 Å². The number of ketones is 1. The Bertz CT molecular complexity index is 1310. The average molecular weight is 490 g/mol. The number of nitrogens with one attached hydrogen (secondary N) is 1. The predicted octanol–water partition coefficient (Wildman–Crippen LogP) is 5.76. The molecule has 1 aliphatic heterocycles. The molecular formula is C28H27NO5S. The highest BCUT2D eigenvalue weighted by atomic mass is 32.1. The van der Waals surface area contributed by atoms with Crippen LogP contribution in [0.4, 0.5) is 0 Å². The summed E-state index contributed by atoms with van der Waals surface area (Å²) in [5, 5.41) is 5.41. The average Bonchev–Trinajstić information content (AvgIpc) is 3.54. The molecule has 0 saturated heterocycles. The molecule has 2 aliphatic rings. The minimum Gasteiger partial charge on any atom is -0.497 e. The van der Waals surface area contributed by atoms with Crippen LogP contribution in [0.3, 0.4) is 0 Å². The van der Waals surface area contributed by atoms with Crippen molar-refractivity contribution in [1.82, 2.24) is 5.32 Å². The number of methoxy groups -OCH3 is 1. The van der Waals surface area contributed by atoms with Crippen LogP contribution in [0.5, 0.6) is 5.75 Å². The van der Waals surface area contributed by atoms with Gasteiger partial charge in [-0.1, -0.05) is 18.2 Å². The molecule has 0 unspecified atom stereocenters. The van der Waals surface area contributed by atoms with E-state index < -0.39 is 11.9 Å².